The van der Waals surface area contributed by atoms with Crippen LogP contribution in [0.15, 0.2) is 38.0 Å². The van der Waals surface area contributed by atoms with Crippen molar-refractivity contribution < 1.29 is 0 Å². The van der Waals surface area contributed by atoms with E-state index in [0.717, 1.165) is 0 Å². The van der Waals surface area contributed by atoms with Gasteiger partial charge in [-0.05, 0) is 12.5 Å². The van der Waals surface area contributed by atoms with E-state index in [-0.39, 0.29) is 0 Å². The Hall–Kier alpha value is -1.60. The van der Waals surface area contributed by atoms with Crippen LogP contribution in [0.25, 0.3) is 24.3 Å². The highest BCUT2D eigenvalue weighted by Crippen LogP contribution is 2.32. The molecule has 0 aromatic carbocycles. The van der Waals surface area contributed by atoms with Crippen LogP contribution in [0, 0.1) is 0 Å². The highest BCUT2D eigenvalue weighted by Gasteiger charge is 2.09. The number of hydrogen-bond acceptors (Lipinski definition) is 1. The van der Waals surface area contributed by atoms with Crippen molar-refractivity contribution in [3.63, 3.8) is 0 Å². The fourth-order valence-corrected chi connectivity index (χ4v) is 2.45. The maximum atomic E-state index is 3.84. The minimum atomic E-state index is 1.17. The van der Waals surface area contributed by atoms with Gasteiger partial charge in [-0.15, -0.1) is 11.3 Å². The van der Waals surface area contributed by atoms with Crippen LogP contribution in [0.2, 0.25) is 0 Å². The van der Waals surface area contributed by atoms with Gasteiger partial charge in [-0.1, -0.05) is 62.3 Å². The third-order valence-corrected chi connectivity index (χ3v) is 3.36. The molecule has 0 N–H and O–H groups in total. The summed E-state index contributed by atoms with van der Waals surface area (Å²) in [5.41, 5.74) is 2.39. The summed E-state index contributed by atoms with van der Waals surface area (Å²) in [5, 5.41) is 0. The van der Waals surface area contributed by atoms with E-state index in [2.05, 4.69) is 31.9 Å². The number of hydrogen-bond donors (Lipinski definition) is 0. The van der Waals surface area contributed by atoms with E-state index in [1.54, 1.807) is 17.4 Å². The van der Waals surface area contributed by atoms with Crippen LogP contribution in [0.4, 0.5) is 0 Å². The lowest BCUT2D eigenvalue weighted by Gasteiger charge is -1.96. The molecular formula is C15H16S. The molecule has 0 unspecified atom stereocenters. The van der Waals surface area contributed by atoms with Gasteiger partial charge in [0.25, 0.3) is 0 Å². The molecule has 0 nitrogen and oxygen atoms in total. The summed E-state index contributed by atoms with van der Waals surface area (Å²) in [6, 6.07) is 0. The SMILES string of the molecule is C=C/C=C\c1c(C=C)sc(C=C)c1/C=C\C. The number of allylic oxidation sites excluding steroid dienone is 3. The van der Waals surface area contributed by atoms with Gasteiger partial charge < -0.3 is 0 Å². The van der Waals surface area contributed by atoms with Gasteiger partial charge in [-0.25, -0.2) is 0 Å². The van der Waals surface area contributed by atoms with Gasteiger partial charge in [0.2, 0.25) is 0 Å². The Balaban J connectivity index is 3.44. The molecule has 82 valence electrons. The Morgan fingerprint density at radius 2 is 1.50 bits per heavy atom. The van der Waals surface area contributed by atoms with Crippen molar-refractivity contribution >= 4 is 35.6 Å². The summed E-state index contributed by atoms with van der Waals surface area (Å²) in [6.45, 7) is 13.4. The molecule has 0 fully saturated rings. The van der Waals surface area contributed by atoms with Gasteiger partial charge in [-0.2, -0.15) is 0 Å². The lowest BCUT2D eigenvalue weighted by Crippen LogP contribution is -1.77. The topological polar surface area (TPSA) is 0 Å². The minimum absolute atomic E-state index is 1.17. The molecule has 1 heterocycles. The van der Waals surface area contributed by atoms with Crippen molar-refractivity contribution in [1.82, 2.24) is 0 Å². The molecule has 0 bridgehead atoms. The monoisotopic (exact) mass is 228 g/mol. The third-order valence-electron chi connectivity index (χ3n) is 2.14. The van der Waals surface area contributed by atoms with Crippen molar-refractivity contribution in [3.05, 3.63) is 58.8 Å². The molecule has 1 rings (SSSR count). The van der Waals surface area contributed by atoms with Crippen molar-refractivity contribution in [1.29, 1.82) is 0 Å². The third kappa shape index (κ3) is 2.50. The lowest BCUT2D eigenvalue weighted by molar-refractivity contribution is 1.70. The Kier molecular flexibility index (Phi) is 4.74. The van der Waals surface area contributed by atoms with Crippen LogP contribution < -0.4 is 0 Å². The molecule has 1 aromatic heterocycles. The van der Waals surface area contributed by atoms with Gasteiger partial charge >= 0.3 is 0 Å². The highest BCUT2D eigenvalue weighted by atomic mass is 32.1. The van der Waals surface area contributed by atoms with E-state index in [1.165, 1.54) is 20.9 Å². The molecule has 0 atom stereocenters. The molecule has 0 saturated carbocycles. The molecule has 1 heteroatoms. The van der Waals surface area contributed by atoms with E-state index in [1.807, 2.05) is 31.2 Å². The van der Waals surface area contributed by atoms with E-state index < -0.39 is 0 Å². The van der Waals surface area contributed by atoms with E-state index >= 15 is 0 Å². The molecule has 0 aliphatic rings. The Morgan fingerprint density at radius 3 is 1.94 bits per heavy atom. The maximum Gasteiger partial charge on any atom is 0.0349 e. The largest absolute Gasteiger partial charge is 0.135 e. The maximum absolute atomic E-state index is 3.84. The number of thiophene rings is 1. The van der Waals surface area contributed by atoms with Crippen LogP contribution in [0.1, 0.15) is 27.8 Å². The molecule has 0 spiro atoms. The average molecular weight is 228 g/mol. The van der Waals surface area contributed by atoms with Gasteiger partial charge in [-0.3, -0.25) is 0 Å². The van der Waals surface area contributed by atoms with Crippen molar-refractivity contribution in [2.45, 2.75) is 6.92 Å². The second-order valence-electron chi connectivity index (χ2n) is 3.16. The summed E-state index contributed by atoms with van der Waals surface area (Å²) in [4.78, 5) is 2.35. The average Bonchev–Trinajstić information content (AvgIpc) is 2.64. The second-order valence-corrected chi connectivity index (χ2v) is 4.24. The molecule has 0 amide bonds. The minimum Gasteiger partial charge on any atom is -0.135 e. The van der Waals surface area contributed by atoms with Crippen LogP contribution in [-0.4, -0.2) is 0 Å². The predicted molar refractivity (Wildman–Crippen MR) is 78.4 cm³/mol. The lowest BCUT2D eigenvalue weighted by atomic mass is 10.1. The van der Waals surface area contributed by atoms with Gasteiger partial charge in [0.05, 0.1) is 0 Å². The molecule has 1 aromatic rings. The van der Waals surface area contributed by atoms with Crippen molar-refractivity contribution in [2.75, 3.05) is 0 Å². The summed E-state index contributed by atoms with van der Waals surface area (Å²) >= 11 is 1.70. The zero-order valence-electron chi connectivity index (χ0n) is 9.57. The summed E-state index contributed by atoms with van der Waals surface area (Å²) < 4.78 is 0. The molecule has 0 aliphatic carbocycles. The first kappa shape index (κ1) is 12.5. The van der Waals surface area contributed by atoms with Crippen LogP contribution in [0.3, 0.4) is 0 Å². The van der Waals surface area contributed by atoms with Crippen LogP contribution in [0.5, 0.6) is 0 Å². The summed E-state index contributed by atoms with van der Waals surface area (Å²) in [6.07, 6.45) is 13.7. The second kappa shape index (κ2) is 6.09. The van der Waals surface area contributed by atoms with E-state index in [4.69, 9.17) is 0 Å². The highest BCUT2D eigenvalue weighted by molar-refractivity contribution is 7.14. The van der Waals surface area contributed by atoms with E-state index in [0.29, 0.717) is 0 Å². The summed E-state index contributed by atoms with van der Waals surface area (Å²) in [5.74, 6) is 0. The van der Waals surface area contributed by atoms with Gasteiger partial charge in [0, 0.05) is 15.3 Å². The summed E-state index contributed by atoms with van der Waals surface area (Å²) in [7, 11) is 0. The fraction of sp³-hybridized carbons (Fsp3) is 0.0667. The Labute approximate surface area is 102 Å². The fourth-order valence-electron chi connectivity index (χ4n) is 1.47. The van der Waals surface area contributed by atoms with Crippen LogP contribution in [-0.2, 0) is 0 Å². The zero-order chi connectivity index (χ0) is 12.0. The zero-order valence-corrected chi connectivity index (χ0v) is 10.4. The standard InChI is InChI=1S/C15H16S/c1-5-9-11-13-12(10-6-2)14(7-3)16-15(13)8-4/h5-11H,1,3-4H2,2H3/b10-6-,11-9-. The quantitative estimate of drug-likeness (QED) is 0.602. The Morgan fingerprint density at radius 1 is 0.938 bits per heavy atom. The first-order chi connectivity index (χ1) is 7.78. The van der Waals surface area contributed by atoms with Crippen LogP contribution >= 0.6 is 11.3 Å². The van der Waals surface area contributed by atoms with Crippen molar-refractivity contribution in [3.8, 4) is 0 Å². The Bertz CT molecular complexity index is 456. The van der Waals surface area contributed by atoms with Crippen molar-refractivity contribution in [2.24, 2.45) is 0 Å². The normalized spacial score (nSPS) is 11.1. The molecule has 16 heavy (non-hydrogen) atoms. The van der Waals surface area contributed by atoms with Gasteiger partial charge in [0.15, 0.2) is 0 Å². The molecular weight excluding hydrogens is 212 g/mol. The van der Waals surface area contributed by atoms with E-state index in [9.17, 15) is 0 Å². The number of rotatable bonds is 5. The van der Waals surface area contributed by atoms with Gasteiger partial charge in [0.1, 0.15) is 0 Å². The molecule has 0 saturated heterocycles. The molecule has 0 aliphatic heterocycles. The first-order valence-electron chi connectivity index (χ1n) is 5.12. The molecule has 0 radical (unpaired) electrons. The first-order valence-corrected chi connectivity index (χ1v) is 5.93. The predicted octanol–water partition coefficient (Wildman–Crippen LogP) is 5.27. The smallest absolute Gasteiger partial charge is 0.0349 e.